The standard InChI is InChI=1S/C15H23O2P/c1-17-15-11-7-6-8-13(15)12-18(2,16)14-9-4-3-5-10-14/h6-8,11,14H,3-5,9-10,12H2,1-2H3. The van der Waals surface area contributed by atoms with Crippen LogP contribution in [0.2, 0.25) is 0 Å². The van der Waals surface area contributed by atoms with Gasteiger partial charge in [0.1, 0.15) is 5.75 Å². The Hall–Kier alpha value is -0.750. The number of para-hydroxylation sites is 1. The second-order valence-electron chi connectivity index (χ2n) is 5.44. The maximum absolute atomic E-state index is 13.0. The molecule has 2 rings (SSSR count). The first-order chi connectivity index (χ1) is 8.63. The first-order valence-corrected chi connectivity index (χ1v) is 9.22. The smallest absolute Gasteiger partial charge is 0.122 e. The number of methoxy groups -OCH3 is 1. The van der Waals surface area contributed by atoms with Gasteiger partial charge < -0.3 is 9.30 Å². The van der Waals surface area contributed by atoms with Gasteiger partial charge in [0.15, 0.2) is 0 Å². The molecule has 0 aliphatic heterocycles. The molecule has 1 atom stereocenters. The summed E-state index contributed by atoms with van der Waals surface area (Å²) in [5.41, 5.74) is 1.52. The second-order valence-corrected chi connectivity index (χ2v) is 8.83. The quantitative estimate of drug-likeness (QED) is 0.749. The number of ether oxygens (including phenoxy) is 1. The average molecular weight is 266 g/mol. The lowest BCUT2D eigenvalue weighted by Gasteiger charge is -2.28. The van der Waals surface area contributed by atoms with Crippen LogP contribution in [0, 0.1) is 0 Å². The molecule has 1 fully saturated rings. The zero-order valence-electron chi connectivity index (χ0n) is 11.4. The highest BCUT2D eigenvalue weighted by molar-refractivity contribution is 7.63. The van der Waals surface area contributed by atoms with E-state index in [1.807, 2.05) is 30.9 Å². The predicted octanol–water partition coefficient (Wildman–Crippen LogP) is 4.52. The lowest BCUT2D eigenvalue weighted by atomic mass is 10.0. The van der Waals surface area contributed by atoms with Crippen molar-refractivity contribution in [3.8, 4) is 5.75 Å². The van der Waals surface area contributed by atoms with E-state index in [1.165, 1.54) is 19.3 Å². The van der Waals surface area contributed by atoms with Crippen LogP contribution in [0.25, 0.3) is 0 Å². The van der Waals surface area contributed by atoms with Crippen LogP contribution in [0.3, 0.4) is 0 Å². The van der Waals surface area contributed by atoms with Gasteiger partial charge in [-0.25, -0.2) is 0 Å². The highest BCUT2D eigenvalue weighted by Crippen LogP contribution is 2.55. The van der Waals surface area contributed by atoms with Gasteiger partial charge in [0.2, 0.25) is 0 Å². The lowest BCUT2D eigenvalue weighted by molar-refractivity contribution is 0.410. The van der Waals surface area contributed by atoms with Crippen molar-refractivity contribution < 1.29 is 9.30 Å². The molecule has 0 N–H and O–H groups in total. The van der Waals surface area contributed by atoms with Crippen molar-refractivity contribution >= 4 is 7.14 Å². The Balaban J connectivity index is 2.13. The molecule has 1 aliphatic rings. The van der Waals surface area contributed by atoms with Crippen LogP contribution >= 0.6 is 7.14 Å². The molecule has 0 bridgehead atoms. The minimum atomic E-state index is -2.11. The summed E-state index contributed by atoms with van der Waals surface area (Å²) in [6.07, 6.45) is 6.77. The number of hydrogen-bond acceptors (Lipinski definition) is 2. The fraction of sp³-hybridized carbons (Fsp3) is 0.600. The van der Waals surface area contributed by atoms with E-state index in [-0.39, 0.29) is 0 Å². The van der Waals surface area contributed by atoms with Gasteiger partial charge in [-0.2, -0.15) is 0 Å². The van der Waals surface area contributed by atoms with Crippen molar-refractivity contribution in [2.45, 2.75) is 43.9 Å². The highest BCUT2D eigenvalue weighted by atomic mass is 31.2. The van der Waals surface area contributed by atoms with E-state index in [4.69, 9.17) is 4.74 Å². The van der Waals surface area contributed by atoms with E-state index in [2.05, 4.69) is 0 Å². The predicted molar refractivity (Wildman–Crippen MR) is 77.1 cm³/mol. The molecule has 0 heterocycles. The first-order valence-electron chi connectivity index (χ1n) is 6.81. The van der Waals surface area contributed by atoms with Gasteiger partial charge in [-0.3, -0.25) is 0 Å². The Kier molecular flexibility index (Phi) is 4.50. The summed E-state index contributed by atoms with van der Waals surface area (Å²) in [5, 5.41) is 0. The molecule has 1 aromatic rings. The van der Waals surface area contributed by atoms with Gasteiger partial charge in [0.05, 0.1) is 14.3 Å². The molecular formula is C15H23O2P. The molecule has 3 heteroatoms. The summed E-state index contributed by atoms with van der Waals surface area (Å²) in [6, 6.07) is 7.95. The third-order valence-electron chi connectivity index (χ3n) is 4.02. The Labute approximate surface area is 110 Å². The van der Waals surface area contributed by atoms with Crippen molar-refractivity contribution in [3.05, 3.63) is 29.8 Å². The maximum atomic E-state index is 13.0. The molecule has 1 unspecified atom stereocenters. The summed E-state index contributed by atoms with van der Waals surface area (Å²) in [4.78, 5) is 0. The van der Waals surface area contributed by atoms with Gasteiger partial charge in [-0.15, -0.1) is 0 Å². The van der Waals surface area contributed by atoms with Crippen LogP contribution in [-0.4, -0.2) is 19.4 Å². The summed E-state index contributed by atoms with van der Waals surface area (Å²) in [7, 11) is -0.429. The summed E-state index contributed by atoms with van der Waals surface area (Å²) < 4.78 is 18.3. The molecule has 0 amide bonds. The molecule has 0 aromatic heterocycles. The van der Waals surface area contributed by atoms with Gasteiger partial charge in [-0.1, -0.05) is 37.5 Å². The fourth-order valence-corrected chi connectivity index (χ4v) is 5.58. The molecule has 0 saturated heterocycles. The van der Waals surface area contributed by atoms with Crippen molar-refractivity contribution in [2.24, 2.45) is 0 Å². The van der Waals surface area contributed by atoms with E-state index in [0.29, 0.717) is 11.8 Å². The van der Waals surface area contributed by atoms with Gasteiger partial charge >= 0.3 is 0 Å². The van der Waals surface area contributed by atoms with E-state index < -0.39 is 7.14 Å². The van der Waals surface area contributed by atoms with E-state index in [1.54, 1.807) is 7.11 Å². The van der Waals surface area contributed by atoms with Crippen LogP contribution in [0.4, 0.5) is 0 Å². The molecule has 1 aliphatic carbocycles. The molecule has 0 spiro atoms. The molecule has 1 aromatic carbocycles. The first kappa shape index (κ1) is 13.7. The van der Waals surface area contributed by atoms with Gasteiger partial charge in [0.25, 0.3) is 0 Å². The zero-order chi connectivity index (χ0) is 13.0. The third kappa shape index (κ3) is 3.17. The number of benzene rings is 1. The van der Waals surface area contributed by atoms with Crippen LogP contribution in [0.5, 0.6) is 5.75 Å². The largest absolute Gasteiger partial charge is 0.496 e. The van der Waals surface area contributed by atoms with Crippen LogP contribution in [0.15, 0.2) is 24.3 Å². The minimum absolute atomic E-state index is 0.427. The SMILES string of the molecule is COc1ccccc1CP(C)(=O)C1CCCCC1. The molecule has 100 valence electrons. The van der Waals surface area contributed by atoms with Crippen molar-refractivity contribution in [3.63, 3.8) is 0 Å². The van der Waals surface area contributed by atoms with Crippen LogP contribution in [-0.2, 0) is 10.7 Å². The summed E-state index contributed by atoms with van der Waals surface area (Å²) >= 11 is 0. The van der Waals surface area contributed by atoms with Crippen LogP contribution in [0.1, 0.15) is 37.7 Å². The minimum Gasteiger partial charge on any atom is -0.496 e. The monoisotopic (exact) mass is 266 g/mol. The van der Waals surface area contributed by atoms with Crippen LogP contribution < -0.4 is 4.74 Å². The average Bonchev–Trinajstić information content (AvgIpc) is 2.40. The molecular weight excluding hydrogens is 243 g/mol. The second kappa shape index (κ2) is 5.93. The Morgan fingerprint density at radius 3 is 2.56 bits per heavy atom. The number of rotatable bonds is 4. The Bertz CT molecular complexity index is 436. The molecule has 0 radical (unpaired) electrons. The highest BCUT2D eigenvalue weighted by Gasteiger charge is 2.30. The summed E-state index contributed by atoms with van der Waals surface area (Å²) in [5.74, 6) is 0.871. The Morgan fingerprint density at radius 2 is 1.89 bits per heavy atom. The molecule has 2 nitrogen and oxygen atoms in total. The number of hydrogen-bond donors (Lipinski definition) is 0. The van der Waals surface area contributed by atoms with E-state index in [0.717, 1.165) is 24.2 Å². The molecule has 18 heavy (non-hydrogen) atoms. The lowest BCUT2D eigenvalue weighted by Crippen LogP contribution is -2.14. The molecule has 1 saturated carbocycles. The maximum Gasteiger partial charge on any atom is 0.122 e. The normalized spacial score (nSPS) is 20.3. The van der Waals surface area contributed by atoms with Crippen molar-refractivity contribution in [1.82, 2.24) is 0 Å². The topological polar surface area (TPSA) is 26.3 Å². The third-order valence-corrected chi connectivity index (χ3v) is 7.05. The Morgan fingerprint density at radius 1 is 1.22 bits per heavy atom. The zero-order valence-corrected chi connectivity index (χ0v) is 12.3. The summed E-state index contributed by atoms with van der Waals surface area (Å²) in [6.45, 7) is 1.98. The van der Waals surface area contributed by atoms with E-state index in [9.17, 15) is 4.57 Å². The van der Waals surface area contributed by atoms with Gasteiger partial charge in [-0.05, 0) is 25.6 Å². The van der Waals surface area contributed by atoms with Crippen molar-refractivity contribution in [2.75, 3.05) is 13.8 Å². The van der Waals surface area contributed by atoms with Gasteiger partial charge in [0, 0.05) is 17.4 Å². The fourth-order valence-electron chi connectivity index (χ4n) is 2.93. The van der Waals surface area contributed by atoms with Crippen molar-refractivity contribution in [1.29, 1.82) is 0 Å². The van der Waals surface area contributed by atoms with E-state index >= 15 is 0 Å².